The fourth-order valence-electron chi connectivity index (χ4n) is 3.10. The van der Waals surface area contributed by atoms with Gasteiger partial charge in [-0.2, -0.15) is 0 Å². The van der Waals surface area contributed by atoms with Crippen molar-refractivity contribution < 1.29 is 22.7 Å². The van der Waals surface area contributed by atoms with Gasteiger partial charge >= 0.3 is 0 Å². The predicted molar refractivity (Wildman–Crippen MR) is 103 cm³/mol. The van der Waals surface area contributed by atoms with Crippen LogP contribution in [0.3, 0.4) is 0 Å². The summed E-state index contributed by atoms with van der Waals surface area (Å²) in [6.45, 7) is 0.694. The molecule has 27 heavy (non-hydrogen) atoms. The first kappa shape index (κ1) is 19.0. The Morgan fingerprint density at radius 2 is 1.93 bits per heavy atom. The molecular weight excluding hydrogens is 368 g/mol. The topological polar surface area (TPSA) is 84.9 Å². The van der Waals surface area contributed by atoms with E-state index in [0.29, 0.717) is 35.7 Å². The Morgan fingerprint density at radius 3 is 2.59 bits per heavy atom. The van der Waals surface area contributed by atoms with E-state index in [9.17, 15) is 13.2 Å². The summed E-state index contributed by atoms with van der Waals surface area (Å²) in [6.07, 6.45) is 0.592. The Labute approximate surface area is 158 Å². The zero-order valence-corrected chi connectivity index (χ0v) is 16.1. The molecular formula is C19H22N2O5S. The van der Waals surface area contributed by atoms with Crippen molar-refractivity contribution in [1.82, 2.24) is 5.32 Å². The van der Waals surface area contributed by atoms with E-state index in [2.05, 4.69) is 5.32 Å². The van der Waals surface area contributed by atoms with Gasteiger partial charge in [0.25, 0.3) is 5.91 Å². The third-order valence-electron chi connectivity index (χ3n) is 4.42. The van der Waals surface area contributed by atoms with Gasteiger partial charge in [-0.25, -0.2) is 8.42 Å². The van der Waals surface area contributed by atoms with Crippen LogP contribution in [0.25, 0.3) is 0 Å². The van der Waals surface area contributed by atoms with E-state index < -0.39 is 10.0 Å². The zero-order valence-electron chi connectivity index (χ0n) is 15.3. The predicted octanol–water partition coefficient (Wildman–Crippen LogP) is 2.17. The molecule has 1 N–H and O–H groups in total. The Morgan fingerprint density at radius 1 is 1.15 bits per heavy atom. The molecule has 144 valence electrons. The molecule has 0 unspecified atom stereocenters. The van der Waals surface area contributed by atoms with Crippen LogP contribution in [-0.4, -0.2) is 40.8 Å². The molecule has 2 aromatic rings. The van der Waals surface area contributed by atoms with Gasteiger partial charge < -0.3 is 14.8 Å². The molecule has 0 radical (unpaired) electrons. The summed E-state index contributed by atoms with van der Waals surface area (Å²) in [4.78, 5) is 12.5. The molecule has 1 fully saturated rings. The molecule has 2 aromatic carbocycles. The van der Waals surface area contributed by atoms with Crippen molar-refractivity contribution in [2.75, 3.05) is 30.8 Å². The van der Waals surface area contributed by atoms with Crippen molar-refractivity contribution in [1.29, 1.82) is 0 Å². The molecule has 1 aliphatic heterocycles. The third-order valence-corrected chi connectivity index (χ3v) is 6.29. The van der Waals surface area contributed by atoms with E-state index in [0.717, 1.165) is 5.56 Å². The molecule has 0 atom stereocenters. The molecule has 1 heterocycles. The smallest absolute Gasteiger partial charge is 0.251 e. The van der Waals surface area contributed by atoms with Gasteiger partial charge in [-0.15, -0.1) is 0 Å². The van der Waals surface area contributed by atoms with Crippen molar-refractivity contribution >= 4 is 21.6 Å². The first-order valence-corrected chi connectivity index (χ1v) is 10.2. The summed E-state index contributed by atoms with van der Waals surface area (Å²) < 4.78 is 36.2. The van der Waals surface area contributed by atoms with Crippen LogP contribution in [-0.2, 0) is 16.6 Å². The molecule has 0 bridgehead atoms. The average Bonchev–Trinajstić information content (AvgIpc) is 3.04. The van der Waals surface area contributed by atoms with E-state index in [1.165, 1.54) is 4.31 Å². The SMILES string of the molecule is COc1cccc(CNC(=O)c2cccc(N3CCCS3(=O)=O)c2)c1OC. The number of rotatable bonds is 6. The van der Waals surface area contributed by atoms with Gasteiger partial charge in [-0.05, 0) is 30.7 Å². The Bertz CT molecular complexity index is 943. The number of benzene rings is 2. The quantitative estimate of drug-likeness (QED) is 0.817. The van der Waals surface area contributed by atoms with Crippen molar-refractivity contribution in [2.24, 2.45) is 0 Å². The van der Waals surface area contributed by atoms with Gasteiger partial charge in [0.2, 0.25) is 10.0 Å². The standard InChI is InChI=1S/C19H22N2O5S/c1-25-17-9-4-7-15(18(17)26-2)13-20-19(22)14-6-3-8-16(12-14)21-10-5-11-27(21,23)24/h3-4,6-9,12H,5,10-11,13H2,1-2H3,(H,20,22). The van der Waals surface area contributed by atoms with Crippen molar-refractivity contribution in [3.05, 3.63) is 53.6 Å². The minimum absolute atomic E-state index is 0.138. The van der Waals surface area contributed by atoms with Gasteiger partial charge in [0, 0.05) is 24.2 Å². The number of hydrogen-bond donors (Lipinski definition) is 1. The minimum Gasteiger partial charge on any atom is -0.493 e. The highest BCUT2D eigenvalue weighted by Crippen LogP contribution is 2.30. The number of ether oxygens (including phenoxy) is 2. The van der Waals surface area contributed by atoms with Crippen molar-refractivity contribution in [3.8, 4) is 11.5 Å². The lowest BCUT2D eigenvalue weighted by Crippen LogP contribution is -2.26. The number of nitrogens with one attached hydrogen (secondary N) is 1. The van der Waals surface area contributed by atoms with E-state index in [4.69, 9.17) is 9.47 Å². The Hall–Kier alpha value is -2.74. The van der Waals surface area contributed by atoms with Crippen LogP contribution in [0.1, 0.15) is 22.3 Å². The van der Waals surface area contributed by atoms with Crippen LogP contribution in [0.2, 0.25) is 0 Å². The van der Waals surface area contributed by atoms with Crippen molar-refractivity contribution in [3.63, 3.8) is 0 Å². The number of carbonyl (C=O) groups excluding carboxylic acids is 1. The lowest BCUT2D eigenvalue weighted by molar-refractivity contribution is 0.0950. The first-order chi connectivity index (χ1) is 13.0. The third kappa shape index (κ3) is 4.00. The number of amides is 1. The molecule has 7 nitrogen and oxygen atoms in total. The lowest BCUT2D eigenvalue weighted by Gasteiger charge is -2.17. The van der Waals surface area contributed by atoms with Crippen LogP contribution < -0.4 is 19.1 Å². The van der Waals surface area contributed by atoms with Crippen LogP contribution in [0.5, 0.6) is 11.5 Å². The maximum Gasteiger partial charge on any atom is 0.251 e. The summed E-state index contributed by atoms with van der Waals surface area (Å²) in [5.41, 5.74) is 1.69. The van der Waals surface area contributed by atoms with E-state index in [1.54, 1.807) is 44.6 Å². The molecule has 1 aliphatic rings. The molecule has 3 rings (SSSR count). The summed E-state index contributed by atoms with van der Waals surface area (Å²) >= 11 is 0. The normalized spacial score (nSPS) is 15.4. The summed E-state index contributed by atoms with van der Waals surface area (Å²) in [5.74, 6) is 1.00. The van der Waals surface area contributed by atoms with Crippen LogP contribution in [0.4, 0.5) is 5.69 Å². The highest BCUT2D eigenvalue weighted by molar-refractivity contribution is 7.93. The summed E-state index contributed by atoms with van der Waals surface area (Å²) in [6, 6.07) is 12.1. The largest absolute Gasteiger partial charge is 0.493 e. The van der Waals surface area contributed by atoms with Crippen LogP contribution in [0.15, 0.2) is 42.5 Å². The molecule has 8 heteroatoms. The number of para-hydroxylation sites is 1. The van der Waals surface area contributed by atoms with Gasteiger partial charge in [0.05, 0.1) is 25.7 Å². The molecule has 1 saturated heterocycles. The van der Waals surface area contributed by atoms with Gasteiger partial charge in [-0.3, -0.25) is 9.10 Å². The number of methoxy groups -OCH3 is 2. The summed E-state index contributed by atoms with van der Waals surface area (Å²) in [5, 5.41) is 2.84. The zero-order chi connectivity index (χ0) is 19.4. The first-order valence-electron chi connectivity index (χ1n) is 8.55. The fourth-order valence-corrected chi connectivity index (χ4v) is 4.66. The Kier molecular flexibility index (Phi) is 5.55. The maximum atomic E-state index is 12.5. The second-order valence-electron chi connectivity index (χ2n) is 6.13. The number of anilines is 1. The second kappa shape index (κ2) is 7.87. The molecule has 0 aliphatic carbocycles. The van der Waals surface area contributed by atoms with Crippen molar-refractivity contribution in [2.45, 2.75) is 13.0 Å². The monoisotopic (exact) mass is 390 g/mol. The van der Waals surface area contributed by atoms with Crippen LogP contribution >= 0.6 is 0 Å². The van der Waals surface area contributed by atoms with E-state index in [1.807, 2.05) is 12.1 Å². The van der Waals surface area contributed by atoms with Gasteiger partial charge in [-0.1, -0.05) is 18.2 Å². The molecule has 0 saturated carbocycles. The summed E-state index contributed by atoms with van der Waals surface area (Å²) in [7, 11) is -0.185. The lowest BCUT2D eigenvalue weighted by atomic mass is 10.1. The van der Waals surface area contributed by atoms with Gasteiger partial charge in [0.15, 0.2) is 11.5 Å². The van der Waals surface area contributed by atoms with E-state index >= 15 is 0 Å². The average molecular weight is 390 g/mol. The maximum absolute atomic E-state index is 12.5. The molecule has 0 aromatic heterocycles. The number of sulfonamides is 1. The van der Waals surface area contributed by atoms with Crippen LogP contribution in [0, 0.1) is 0 Å². The number of carbonyl (C=O) groups is 1. The van der Waals surface area contributed by atoms with E-state index in [-0.39, 0.29) is 18.2 Å². The molecule has 0 spiro atoms. The number of hydrogen-bond acceptors (Lipinski definition) is 5. The van der Waals surface area contributed by atoms with Gasteiger partial charge in [0.1, 0.15) is 0 Å². The highest BCUT2D eigenvalue weighted by Gasteiger charge is 2.28. The molecule has 1 amide bonds. The second-order valence-corrected chi connectivity index (χ2v) is 8.14. The number of nitrogens with zero attached hydrogens (tertiary/aromatic N) is 1. The minimum atomic E-state index is -3.28. The fraction of sp³-hybridized carbons (Fsp3) is 0.316. The Balaban J connectivity index is 1.75. The highest BCUT2D eigenvalue weighted by atomic mass is 32.2.